The number of imidazole rings is 1. The second-order valence-electron chi connectivity index (χ2n) is 9.74. The highest BCUT2D eigenvalue weighted by atomic mass is 19.4. The summed E-state index contributed by atoms with van der Waals surface area (Å²) in [5, 5.41) is 23.7. The Kier molecular flexibility index (Phi) is 6.08. The normalized spacial score (nSPS) is 22.1. The molecule has 0 bridgehead atoms. The van der Waals surface area contributed by atoms with Gasteiger partial charge >= 0.3 is 12.1 Å². The summed E-state index contributed by atoms with van der Waals surface area (Å²) in [7, 11) is 0. The van der Waals surface area contributed by atoms with Crippen LogP contribution in [0.25, 0.3) is 5.69 Å². The minimum Gasteiger partial charge on any atom is -0.481 e. The number of nitrogens with zero attached hydrogens (tertiary/aromatic N) is 4. The van der Waals surface area contributed by atoms with E-state index < -0.39 is 34.8 Å². The standard InChI is InChI=1S/C24H26F3N5O3/c1-14-8-15(30-21-28-7-5-18(31-21)24(25,26)27)10-16(9-14)32-11-19(29-13-32)23(35)6-4-17(20(33)34)22(2,3)12-23/h5,7-11,13,17,35H,4,6,12H2,1-3H3,(H,33,34)(H,28,30,31). The van der Waals surface area contributed by atoms with Gasteiger partial charge in [0.15, 0.2) is 0 Å². The first kappa shape index (κ1) is 24.6. The number of aliphatic carboxylic acids is 1. The molecule has 2 unspecified atom stereocenters. The van der Waals surface area contributed by atoms with Crippen molar-refractivity contribution in [1.82, 2.24) is 19.5 Å². The molecule has 1 aromatic carbocycles. The van der Waals surface area contributed by atoms with Crippen molar-refractivity contribution in [2.24, 2.45) is 11.3 Å². The summed E-state index contributed by atoms with van der Waals surface area (Å²) >= 11 is 0. The van der Waals surface area contributed by atoms with Crippen molar-refractivity contribution in [3.63, 3.8) is 0 Å². The molecule has 1 aliphatic rings. The summed E-state index contributed by atoms with van der Waals surface area (Å²) in [4.78, 5) is 23.4. The van der Waals surface area contributed by atoms with Crippen LogP contribution in [0, 0.1) is 18.3 Å². The van der Waals surface area contributed by atoms with Crippen molar-refractivity contribution in [1.29, 1.82) is 0 Å². The van der Waals surface area contributed by atoms with E-state index in [1.165, 1.54) is 0 Å². The number of aryl methyl sites for hydroxylation is 1. The van der Waals surface area contributed by atoms with E-state index in [1.54, 1.807) is 29.2 Å². The van der Waals surface area contributed by atoms with Crippen molar-refractivity contribution in [3.05, 3.63) is 59.9 Å². The zero-order valence-corrected chi connectivity index (χ0v) is 19.5. The number of hydrogen-bond acceptors (Lipinski definition) is 6. The molecule has 3 aromatic rings. The zero-order valence-electron chi connectivity index (χ0n) is 19.5. The molecule has 0 aliphatic heterocycles. The predicted octanol–water partition coefficient (Wildman–Crippen LogP) is 4.83. The van der Waals surface area contributed by atoms with Crippen LogP contribution in [0.1, 0.15) is 50.1 Å². The molecule has 2 heterocycles. The molecule has 0 saturated heterocycles. The van der Waals surface area contributed by atoms with Crippen molar-refractivity contribution in [3.8, 4) is 5.69 Å². The third-order valence-corrected chi connectivity index (χ3v) is 6.46. The molecule has 1 aliphatic carbocycles. The highest BCUT2D eigenvalue weighted by Crippen LogP contribution is 2.49. The van der Waals surface area contributed by atoms with Crippen LogP contribution in [0.2, 0.25) is 0 Å². The van der Waals surface area contributed by atoms with E-state index in [9.17, 15) is 28.2 Å². The molecule has 0 radical (unpaired) electrons. The van der Waals surface area contributed by atoms with Gasteiger partial charge < -0.3 is 20.1 Å². The van der Waals surface area contributed by atoms with Gasteiger partial charge in [0.05, 0.1) is 17.9 Å². The van der Waals surface area contributed by atoms with E-state index in [0.29, 0.717) is 23.5 Å². The number of anilines is 2. The average molecular weight is 489 g/mol. The number of carbonyl (C=O) groups is 1. The van der Waals surface area contributed by atoms with Crippen LogP contribution in [0.15, 0.2) is 43.0 Å². The second-order valence-corrected chi connectivity index (χ2v) is 9.74. The number of aliphatic hydroxyl groups is 1. The van der Waals surface area contributed by atoms with Gasteiger partial charge in [-0.15, -0.1) is 0 Å². The lowest BCUT2D eigenvalue weighted by molar-refractivity contribution is -0.154. The first-order valence-electron chi connectivity index (χ1n) is 11.1. The molecular formula is C24H26F3N5O3. The van der Waals surface area contributed by atoms with Crippen LogP contribution in [0.3, 0.4) is 0 Å². The number of nitrogens with one attached hydrogen (secondary N) is 1. The Balaban J connectivity index is 1.59. The summed E-state index contributed by atoms with van der Waals surface area (Å²) in [6.07, 6.45) is 0.557. The summed E-state index contributed by atoms with van der Waals surface area (Å²) in [6, 6.07) is 6.11. The third kappa shape index (κ3) is 5.14. The summed E-state index contributed by atoms with van der Waals surface area (Å²) in [5.74, 6) is -1.60. The molecule has 186 valence electrons. The van der Waals surface area contributed by atoms with Crippen LogP contribution in [0.5, 0.6) is 0 Å². The highest BCUT2D eigenvalue weighted by Gasteiger charge is 2.49. The largest absolute Gasteiger partial charge is 0.481 e. The Morgan fingerprint density at radius 2 is 1.97 bits per heavy atom. The maximum atomic E-state index is 13.0. The monoisotopic (exact) mass is 489 g/mol. The van der Waals surface area contributed by atoms with Gasteiger partial charge in [-0.05, 0) is 61.4 Å². The van der Waals surface area contributed by atoms with Gasteiger partial charge in [-0.1, -0.05) is 13.8 Å². The number of hydrogen-bond donors (Lipinski definition) is 3. The third-order valence-electron chi connectivity index (χ3n) is 6.46. The van der Waals surface area contributed by atoms with E-state index >= 15 is 0 Å². The fourth-order valence-corrected chi connectivity index (χ4v) is 4.81. The van der Waals surface area contributed by atoms with E-state index in [-0.39, 0.29) is 18.8 Å². The molecule has 35 heavy (non-hydrogen) atoms. The second kappa shape index (κ2) is 8.63. The molecule has 3 N–H and O–H groups in total. The zero-order chi connectivity index (χ0) is 25.6. The quantitative estimate of drug-likeness (QED) is 0.470. The number of benzene rings is 1. The number of alkyl halides is 3. The Hall–Kier alpha value is -3.47. The molecule has 1 saturated carbocycles. The number of carboxylic acids is 1. The number of aromatic nitrogens is 4. The minimum absolute atomic E-state index is 0.186. The molecule has 0 amide bonds. The SMILES string of the molecule is Cc1cc(Nc2nccc(C(F)(F)F)n2)cc(-n2cnc(C3(O)CCC(C(=O)O)C(C)(C)C3)c2)c1. The first-order chi connectivity index (χ1) is 16.3. The van der Waals surface area contributed by atoms with Crippen LogP contribution in [-0.2, 0) is 16.6 Å². The van der Waals surface area contributed by atoms with Crippen molar-refractivity contribution < 1.29 is 28.2 Å². The van der Waals surface area contributed by atoms with Gasteiger partial charge in [-0.25, -0.2) is 15.0 Å². The van der Waals surface area contributed by atoms with E-state index in [0.717, 1.165) is 17.8 Å². The van der Waals surface area contributed by atoms with Crippen molar-refractivity contribution in [2.75, 3.05) is 5.32 Å². The first-order valence-corrected chi connectivity index (χ1v) is 11.1. The fraction of sp³-hybridized carbons (Fsp3) is 0.417. The molecular weight excluding hydrogens is 463 g/mol. The molecule has 1 fully saturated rings. The van der Waals surface area contributed by atoms with Gasteiger partial charge in [-0.3, -0.25) is 4.79 Å². The highest BCUT2D eigenvalue weighted by molar-refractivity contribution is 5.71. The lowest BCUT2D eigenvalue weighted by atomic mass is 9.62. The lowest BCUT2D eigenvalue weighted by Gasteiger charge is -2.44. The maximum Gasteiger partial charge on any atom is 0.433 e. The number of carboxylic acid groups (broad SMARTS) is 1. The molecule has 8 nitrogen and oxygen atoms in total. The van der Waals surface area contributed by atoms with Gasteiger partial charge in [-0.2, -0.15) is 13.2 Å². The Bertz CT molecular complexity index is 1260. The van der Waals surface area contributed by atoms with Gasteiger partial charge in [0.1, 0.15) is 11.3 Å². The van der Waals surface area contributed by atoms with E-state index in [1.807, 2.05) is 26.8 Å². The smallest absolute Gasteiger partial charge is 0.433 e. The Morgan fingerprint density at radius 1 is 1.23 bits per heavy atom. The number of rotatable bonds is 5. The molecule has 2 atom stereocenters. The average Bonchev–Trinajstić information content (AvgIpc) is 3.23. The number of halogens is 3. The van der Waals surface area contributed by atoms with Gasteiger partial charge in [0, 0.05) is 23.8 Å². The van der Waals surface area contributed by atoms with Crippen LogP contribution < -0.4 is 5.32 Å². The lowest BCUT2D eigenvalue weighted by Crippen LogP contribution is -2.44. The molecule has 11 heteroatoms. The Morgan fingerprint density at radius 3 is 2.63 bits per heavy atom. The maximum absolute atomic E-state index is 13.0. The summed E-state index contributed by atoms with van der Waals surface area (Å²) in [5.41, 5.74) is -0.515. The Labute approximate surface area is 199 Å². The van der Waals surface area contributed by atoms with Crippen LogP contribution >= 0.6 is 0 Å². The molecule has 4 rings (SSSR count). The topological polar surface area (TPSA) is 113 Å². The molecule has 2 aromatic heterocycles. The van der Waals surface area contributed by atoms with Crippen LogP contribution in [0.4, 0.5) is 24.8 Å². The predicted molar refractivity (Wildman–Crippen MR) is 121 cm³/mol. The fourth-order valence-electron chi connectivity index (χ4n) is 4.81. The minimum atomic E-state index is -4.58. The van der Waals surface area contributed by atoms with Crippen molar-refractivity contribution in [2.45, 2.75) is 51.8 Å². The van der Waals surface area contributed by atoms with E-state index in [4.69, 9.17) is 0 Å². The van der Waals surface area contributed by atoms with E-state index in [2.05, 4.69) is 20.3 Å². The molecule has 0 spiro atoms. The summed E-state index contributed by atoms with van der Waals surface area (Å²) < 4.78 is 40.6. The van der Waals surface area contributed by atoms with Crippen LogP contribution in [-0.4, -0.2) is 35.7 Å². The van der Waals surface area contributed by atoms with Gasteiger partial charge in [0.2, 0.25) is 5.95 Å². The van der Waals surface area contributed by atoms with Crippen molar-refractivity contribution >= 4 is 17.6 Å². The van der Waals surface area contributed by atoms with Gasteiger partial charge in [0.25, 0.3) is 0 Å². The summed E-state index contributed by atoms with van der Waals surface area (Å²) in [6.45, 7) is 5.51.